The van der Waals surface area contributed by atoms with Crippen molar-refractivity contribution in [2.24, 2.45) is 0 Å². The molecule has 18 heavy (non-hydrogen) atoms. The minimum atomic E-state index is -0.278. The summed E-state index contributed by atoms with van der Waals surface area (Å²) in [7, 11) is 0. The van der Waals surface area contributed by atoms with Crippen molar-refractivity contribution in [3.05, 3.63) is 35.6 Å². The predicted molar refractivity (Wildman–Crippen MR) is 66.7 cm³/mol. The second-order valence-electron chi connectivity index (χ2n) is 4.86. The number of nitrogens with zero attached hydrogens (tertiary/aromatic N) is 1. The lowest BCUT2D eigenvalue weighted by atomic mass is 10.1. The molecule has 98 valence electrons. The highest BCUT2D eigenvalue weighted by atomic mass is 19.1. The van der Waals surface area contributed by atoms with Crippen molar-refractivity contribution < 1.29 is 13.9 Å². The number of carbonyl (C=O) groups is 1. The molecular formula is C14H18FNO2. The number of benzene rings is 1. The van der Waals surface area contributed by atoms with E-state index in [2.05, 4.69) is 0 Å². The monoisotopic (exact) mass is 251 g/mol. The van der Waals surface area contributed by atoms with Crippen molar-refractivity contribution >= 4 is 5.91 Å². The molecule has 1 aliphatic rings. The molecule has 1 aliphatic heterocycles. The summed E-state index contributed by atoms with van der Waals surface area (Å²) in [6, 6.07) is 6.07. The molecule has 0 spiro atoms. The zero-order chi connectivity index (χ0) is 13.1. The van der Waals surface area contributed by atoms with Crippen LogP contribution in [0.15, 0.2) is 24.3 Å². The predicted octanol–water partition coefficient (Wildman–Crippen LogP) is 2.00. The molecule has 1 aromatic carbocycles. The van der Waals surface area contributed by atoms with Crippen LogP contribution in [0, 0.1) is 5.82 Å². The number of carbonyl (C=O) groups excluding carboxylic acids is 1. The van der Waals surface area contributed by atoms with Crippen LogP contribution in [-0.2, 0) is 16.0 Å². The van der Waals surface area contributed by atoms with Gasteiger partial charge in [0.2, 0.25) is 5.91 Å². The van der Waals surface area contributed by atoms with E-state index in [-0.39, 0.29) is 23.9 Å². The van der Waals surface area contributed by atoms with Gasteiger partial charge in [-0.1, -0.05) is 12.1 Å². The van der Waals surface area contributed by atoms with E-state index in [9.17, 15) is 9.18 Å². The fraction of sp³-hybridized carbons (Fsp3) is 0.500. The Morgan fingerprint density at radius 3 is 2.39 bits per heavy atom. The van der Waals surface area contributed by atoms with Crippen molar-refractivity contribution in [1.82, 2.24) is 4.90 Å². The molecule has 0 aliphatic carbocycles. The zero-order valence-electron chi connectivity index (χ0n) is 10.7. The van der Waals surface area contributed by atoms with Crippen LogP contribution in [0.3, 0.4) is 0 Å². The minimum Gasteiger partial charge on any atom is -0.372 e. The minimum absolute atomic E-state index is 0.0728. The zero-order valence-corrected chi connectivity index (χ0v) is 10.7. The number of ether oxygens (including phenoxy) is 1. The quantitative estimate of drug-likeness (QED) is 0.804. The molecule has 2 atom stereocenters. The topological polar surface area (TPSA) is 29.5 Å². The Kier molecular flexibility index (Phi) is 3.97. The van der Waals surface area contributed by atoms with Crippen LogP contribution in [0.5, 0.6) is 0 Å². The van der Waals surface area contributed by atoms with Crippen molar-refractivity contribution in [3.63, 3.8) is 0 Å². The van der Waals surface area contributed by atoms with Crippen LogP contribution in [0.25, 0.3) is 0 Å². The molecule has 0 N–H and O–H groups in total. The number of hydrogen-bond donors (Lipinski definition) is 0. The van der Waals surface area contributed by atoms with Crippen LogP contribution in [0.2, 0.25) is 0 Å². The van der Waals surface area contributed by atoms with Gasteiger partial charge in [-0.25, -0.2) is 4.39 Å². The first-order valence-electron chi connectivity index (χ1n) is 6.22. The van der Waals surface area contributed by atoms with Gasteiger partial charge in [-0.15, -0.1) is 0 Å². The maximum absolute atomic E-state index is 12.8. The lowest BCUT2D eigenvalue weighted by Crippen LogP contribution is -2.48. The number of morpholine rings is 1. The number of halogens is 1. The molecule has 1 aromatic rings. The largest absolute Gasteiger partial charge is 0.372 e. The normalized spacial score (nSPS) is 24.1. The van der Waals surface area contributed by atoms with E-state index in [4.69, 9.17) is 4.74 Å². The standard InChI is InChI=1S/C14H18FNO2/c1-10-8-16(9-11(2)18-10)14(17)7-12-3-5-13(15)6-4-12/h3-6,10-11H,7-9H2,1-2H3/t10-,11+. The summed E-state index contributed by atoms with van der Waals surface area (Å²) in [5.41, 5.74) is 0.841. The van der Waals surface area contributed by atoms with Crippen LogP contribution in [0.4, 0.5) is 4.39 Å². The SMILES string of the molecule is C[C@@H]1CN(C(=O)Cc2ccc(F)cc2)C[C@H](C)O1. The summed E-state index contributed by atoms with van der Waals surface area (Å²) in [5, 5.41) is 0. The first-order chi connectivity index (χ1) is 8.54. The second-order valence-corrected chi connectivity index (χ2v) is 4.86. The Bertz CT molecular complexity index is 408. The highest BCUT2D eigenvalue weighted by molar-refractivity contribution is 5.78. The summed E-state index contributed by atoms with van der Waals surface area (Å²) in [6.07, 6.45) is 0.469. The Morgan fingerprint density at radius 2 is 1.83 bits per heavy atom. The van der Waals surface area contributed by atoms with Gasteiger partial charge in [0.05, 0.1) is 18.6 Å². The summed E-state index contributed by atoms with van der Waals surface area (Å²) >= 11 is 0. The fourth-order valence-electron chi connectivity index (χ4n) is 2.27. The maximum atomic E-state index is 12.8. The number of amides is 1. The van der Waals surface area contributed by atoms with Crippen molar-refractivity contribution in [2.45, 2.75) is 32.5 Å². The molecular weight excluding hydrogens is 233 g/mol. The molecule has 1 fully saturated rings. The molecule has 0 bridgehead atoms. The van der Waals surface area contributed by atoms with E-state index in [1.54, 1.807) is 12.1 Å². The lowest BCUT2D eigenvalue weighted by Gasteiger charge is -2.35. The second kappa shape index (κ2) is 5.48. The summed E-state index contributed by atoms with van der Waals surface area (Å²) in [5.74, 6) is -0.205. The summed E-state index contributed by atoms with van der Waals surface area (Å²) in [6.45, 7) is 5.19. The maximum Gasteiger partial charge on any atom is 0.227 e. The average Bonchev–Trinajstić information content (AvgIpc) is 2.31. The number of rotatable bonds is 2. The van der Waals surface area contributed by atoms with Crippen molar-refractivity contribution in [3.8, 4) is 0 Å². The highest BCUT2D eigenvalue weighted by Gasteiger charge is 2.25. The van der Waals surface area contributed by atoms with Crippen molar-refractivity contribution in [2.75, 3.05) is 13.1 Å². The molecule has 0 unspecified atom stereocenters. The third-order valence-corrected chi connectivity index (χ3v) is 3.04. The van der Waals surface area contributed by atoms with Gasteiger partial charge >= 0.3 is 0 Å². The van der Waals surface area contributed by atoms with E-state index in [0.29, 0.717) is 19.5 Å². The molecule has 0 radical (unpaired) electrons. The van der Waals surface area contributed by atoms with Crippen LogP contribution in [0.1, 0.15) is 19.4 Å². The molecule has 4 heteroatoms. The van der Waals surface area contributed by atoms with Gasteiger partial charge in [0.1, 0.15) is 5.82 Å². The van der Waals surface area contributed by atoms with Gasteiger partial charge in [0, 0.05) is 13.1 Å². The van der Waals surface area contributed by atoms with Crippen molar-refractivity contribution in [1.29, 1.82) is 0 Å². The first kappa shape index (κ1) is 13.0. The van der Waals surface area contributed by atoms with Gasteiger partial charge in [-0.3, -0.25) is 4.79 Å². The molecule has 1 saturated heterocycles. The Morgan fingerprint density at radius 1 is 1.28 bits per heavy atom. The summed E-state index contributed by atoms with van der Waals surface area (Å²) in [4.78, 5) is 13.9. The van der Waals surface area contributed by atoms with E-state index < -0.39 is 0 Å². The third kappa shape index (κ3) is 3.29. The van der Waals surface area contributed by atoms with E-state index in [1.807, 2.05) is 18.7 Å². The summed E-state index contributed by atoms with van der Waals surface area (Å²) < 4.78 is 18.4. The Balaban J connectivity index is 1.97. The van der Waals surface area contributed by atoms with Gasteiger partial charge < -0.3 is 9.64 Å². The van der Waals surface area contributed by atoms with Crippen LogP contribution in [-0.4, -0.2) is 36.1 Å². The molecule has 0 aromatic heterocycles. The smallest absolute Gasteiger partial charge is 0.227 e. The van der Waals surface area contributed by atoms with Gasteiger partial charge in [-0.05, 0) is 31.5 Å². The van der Waals surface area contributed by atoms with E-state index in [0.717, 1.165) is 5.56 Å². The Hall–Kier alpha value is -1.42. The highest BCUT2D eigenvalue weighted by Crippen LogP contribution is 2.13. The molecule has 0 saturated carbocycles. The first-order valence-corrected chi connectivity index (χ1v) is 6.22. The molecule has 2 rings (SSSR count). The van der Waals surface area contributed by atoms with E-state index in [1.165, 1.54) is 12.1 Å². The average molecular weight is 251 g/mol. The van der Waals surface area contributed by atoms with Gasteiger partial charge in [-0.2, -0.15) is 0 Å². The van der Waals surface area contributed by atoms with Gasteiger partial charge in [0.25, 0.3) is 0 Å². The van der Waals surface area contributed by atoms with E-state index >= 15 is 0 Å². The Labute approximate surface area is 107 Å². The van der Waals surface area contributed by atoms with Gasteiger partial charge in [0.15, 0.2) is 0 Å². The fourth-order valence-corrected chi connectivity index (χ4v) is 2.27. The lowest BCUT2D eigenvalue weighted by molar-refractivity contribution is -0.142. The molecule has 3 nitrogen and oxygen atoms in total. The van der Waals surface area contributed by atoms with Crippen LogP contribution < -0.4 is 0 Å². The number of hydrogen-bond acceptors (Lipinski definition) is 2. The molecule has 1 heterocycles. The third-order valence-electron chi connectivity index (χ3n) is 3.04. The molecule has 1 amide bonds. The van der Waals surface area contributed by atoms with Crippen LogP contribution >= 0.6 is 0 Å².